The molecule has 0 aliphatic heterocycles. The van der Waals surface area contributed by atoms with E-state index in [2.05, 4.69) is 15.5 Å². The molecule has 26 heavy (non-hydrogen) atoms. The van der Waals surface area contributed by atoms with Crippen LogP contribution in [0.4, 0.5) is 11.5 Å². The Labute approximate surface area is 149 Å². The van der Waals surface area contributed by atoms with Crippen LogP contribution in [-0.2, 0) is 16.9 Å². The number of nitro groups is 1. The van der Waals surface area contributed by atoms with Gasteiger partial charge in [-0.25, -0.2) is 0 Å². The smallest absolute Gasteiger partial charge is 0.307 e. The highest BCUT2D eigenvalue weighted by molar-refractivity contribution is 5.95. The molecular formula is C17H18N6O3. The molecule has 0 aliphatic carbocycles. The third-order valence-corrected chi connectivity index (χ3v) is 3.98. The number of hydrogen-bond donors (Lipinski definition) is 1. The van der Waals surface area contributed by atoms with Gasteiger partial charge in [0.1, 0.15) is 17.9 Å². The summed E-state index contributed by atoms with van der Waals surface area (Å²) in [7, 11) is 0. The van der Waals surface area contributed by atoms with Crippen LogP contribution in [0.15, 0.2) is 55.0 Å². The second-order valence-corrected chi connectivity index (χ2v) is 6.30. The van der Waals surface area contributed by atoms with Crippen molar-refractivity contribution in [2.24, 2.45) is 0 Å². The van der Waals surface area contributed by atoms with Crippen molar-refractivity contribution in [3.63, 3.8) is 0 Å². The second-order valence-electron chi connectivity index (χ2n) is 6.30. The highest BCUT2D eigenvalue weighted by atomic mass is 16.6. The molecule has 0 radical (unpaired) electrons. The fraction of sp³-hybridized carbons (Fsp3) is 0.235. The largest absolute Gasteiger partial charge is 0.307 e. The lowest BCUT2D eigenvalue weighted by Gasteiger charge is -2.23. The zero-order chi connectivity index (χ0) is 18.7. The lowest BCUT2D eigenvalue weighted by molar-refractivity contribution is -0.385. The van der Waals surface area contributed by atoms with Gasteiger partial charge < -0.3 is 5.32 Å². The number of carbonyl (C=O) groups excluding carboxylic acids is 1. The zero-order valence-corrected chi connectivity index (χ0v) is 14.4. The third kappa shape index (κ3) is 3.61. The highest BCUT2D eigenvalue weighted by Crippen LogP contribution is 2.20. The van der Waals surface area contributed by atoms with E-state index in [1.807, 2.05) is 30.3 Å². The average molecular weight is 354 g/mol. The molecule has 0 fully saturated rings. The number of aromatic nitrogens is 4. The van der Waals surface area contributed by atoms with Crippen molar-refractivity contribution >= 4 is 17.4 Å². The van der Waals surface area contributed by atoms with E-state index in [-0.39, 0.29) is 11.6 Å². The number of benzene rings is 1. The lowest BCUT2D eigenvalue weighted by Crippen LogP contribution is -2.40. The van der Waals surface area contributed by atoms with Crippen molar-refractivity contribution in [1.82, 2.24) is 19.6 Å². The molecule has 0 saturated heterocycles. The molecule has 0 unspecified atom stereocenters. The van der Waals surface area contributed by atoms with E-state index < -0.39 is 10.5 Å². The van der Waals surface area contributed by atoms with Crippen LogP contribution in [0.25, 0.3) is 0 Å². The van der Waals surface area contributed by atoms with Crippen molar-refractivity contribution in [2.75, 3.05) is 5.32 Å². The van der Waals surface area contributed by atoms with E-state index >= 15 is 0 Å². The minimum absolute atomic E-state index is 0.169. The predicted molar refractivity (Wildman–Crippen MR) is 94.6 cm³/mol. The van der Waals surface area contributed by atoms with Crippen molar-refractivity contribution in [3.8, 4) is 0 Å². The predicted octanol–water partition coefficient (Wildman–Crippen LogP) is 2.41. The van der Waals surface area contributed by atoms with Gasteiger partial charge in [-0.3, -0.25) is 24.3 Å². The maximum absolute atomic E-state index is 12.6. The van der Waals surface area contributed by atoms with Gasteiger partial charge in [-0.2, -0.15) is 10.2 Å². The Morgan fingerprint density at radius 1 is 1.27 bits per heavy atom. The molecule has 9 nitrogen and oxygen atoms in total. The summed E-state index contributed by atoms with van der Waals surface area (Å²) in [5, 5.41) is 21.8. The minimum Gasteiger partial charge on any atom is -0.307 e. The standard InChI is InChI=1S/C17H18N6O3/c1-17(2,22-12-14(10-18-22)23(25)26)16(24)19-15-8-9-21(20-15)11-13-6-4-3-5-7-13/h3-10,12H,11H2,1-2H3,(H,19,20,24). The van der Waals surface area contributed by atoms with E-state index in [1.54, 1.807) is 30.8 Å². The fourth-order valence-corrected chi connectivity index (χ4v) is 2.37. The van der Waals surface area contributed by atoms with Crippen molar-refractivity contribution < 1.29 is 9.72 Å². The molecule has 3 aromatic rings. The number of carbonyl (C=O) groups is 1. The molecule has 0 bridgehead atoms. The number of nitrogens with zero attached hydrogens (tertiary/aromatic N) is 5. The summed E-state index contributed by atoms with van der Waals surface area (Å²) in [6, 6.07) is 11.5. The Hall–Kier alpha value is -3.49. The van der Waals surface area contributed by atoms with E-state index in [9.17, 15) is 14.9 Å². The van der Waals surface area contributed by atoms with Crippen LogP contribution in [0.1, 0.15) is 19.4 Å². The number of anilines is 1. The van der Waals surface area contributed by atoms with Crippen LogP contribution < -0.4 is 5.32 Å². The van der Waals surface area contributed by atoms with Crippen molar-refractivity contribution in [3.05, 3.63) is 70.7 Å². The molecule has 0 aliphatic rings. The monoisotopic (exact) mass is 354 g/mol. The summed E-state index contributed by atoms with van der Waals surface area (Å²) < 4.78 is 2.98. The molecule has 2 heterocycles. The summed E-state index contributed by atoms with van der Waals surface area (Å²) in [5.41, 5.74) is -0.187. The van der Waals surface area contributed by atoms with Gasteiger partial charge in [0.2, 0.25) is 0 Å². The molecule has 0 spiro atoms. The van der Waals surface area contributed by atoms with Gasteiger partial charge in [0.25, 0.3) is 5.91 Å². The summed E-state index contributed by atoms with van der Waals surface area (Å²) in [5.74, 6) is 0.0288. The van der Waals surface area contributed by atoms with Crippen LogP contribution in [0.3, 0.4) is 0 Å². The number of amides is 1. The first-order valence-electron chi connectivity index (χ1n) is 7.94. The zero-order valence-electron chi connectivity index (χ0n) is 14.4. The van der Waals surface area contributed by atoms with Crippen LogP contribution in [0.5, 0.6) is 0 Å². The first-order chi connectivity index (χ1) is 12.4. The third-order valence-electron chi connectivity index (χ3n) is 3.98. The van der Waals surface area contributed by atoms with Gasteiger partial charge in [0.05, 0.1) is 11.5 Å². The Morgan fingerprint density at radius 3 is 2.65 bits per heavy atom. The number of nitrogens with one attached hydrogen (secondary N) is 1. The number of rotatable bonds is 6. The molecule has 1 N–H and O–H groups in total. The van der Waals surface area contributed by atoms with E-state index in [4.69, 9.17) is 0 Å². The van der Waals surface area contributed by atoms with Crippen LogP contribution in [0.2, 0.25) is 0 Å². The maximum atomic E-state index is 12.6. The second kappa shape index (κ2) is 6.79. The van der Waals surface area contributed by atoms with Crippen LogP contribution >= 0.6 is 0 Å². The molecule has 1 amide bonds. The normalized spacial score (nSPS) is 11.3. The summed E-state index contributed by atoms with van der Waals surface area (Å²) >= 11 is 0. The van der Waals surface area contributed by atoms with Gasteiger partial charge in [-0.15, -0.1) is 0 Å². The van der Waals surface area contributed by atoms with Gasteiger partial charge in [0, 0.05) is 12.3 Å². The fourth-order valence-electron chi connectivity index (χ4n) is 2.37. The van der Waals surface area contributed by atoms with Gasteiger partial charge in [-0.05, 0) is 19.4 Å². The Morgan fingerprint density at radius 2 is 2.00 bits per heavy atom. The van der Waals surface area contributed by atoms with E-state index in [0.29, 0.717) is 12.4 Å². The van der Waals surface area contributed by atoms with Gasteiger partial charge in [0.15, 0.2) is 5.82 Å². The minimum atomic E-state index is -1.11. The van der Waals surface area contributed by atoms with Gasteiger partial charge >= 0.3 is 5.69 Å². The molecule has 3 rings (SSSR count). The first-order valence-corrected chi connectivity index (χ1v) is 7.94. The maximum Gasteiger partial charge on any atom is 0.307 e. The summed E-state index contributed by atoms with van der Waals surface area (Å²) in [4.78, 5) is 22.8. The lowest BCUT2D eigenvalue weighted by atomic mass is 10.1. The molecule has 0 atom stereocenters. The van der Waals surface area contributed by atoms with Gasteiger partial charge in [-0.1, -0.05) is 30.3 Å². The summed E-state index contributed by atoms with van der Waals surface area (Å²) in [6.07, 6.45) is 4.12. The van der Waals surface area contributed by atoms with E-state index in [0.717, 1.165) is 11.8 Å². The molecular weight excluding hydrogens is 336 g/mol. The SMILES string of the molecule is CC(C)(C(=O)Nc1ccn(Cc2ccccc2)n1)n1cc([N+](=O)[O-])cn1. The molecule has 134 valence electrons. The average Bonchev–Trinajstić information content (AvgIpc) is 3.26. The van der Waals surface area contributed by atoms with E-state index in [1.165, 1.54) is 10.9 Å². The van der Waals surface area contributed by atoms with Crippen molar-refractivity contribution in [2.45, 2.75) is 25.9 Å². The number of hydrogen-bond acceptors (Lipinski definition) is 5. The molecule has 1 aromatic carbocycles. The molecule has 0 saturated carbocycles. The van der Waals surface area contributed by atoms with Crippen LogP contribution in [0, 0.1) is 10.1 Å². The summed E-state index contributed by atoms with van der Waals surface area (Å²) in [6.45, 7) is 3.84. The Kier molecular flexibility index (Phi) is 4.53. The van der Waals surface area contributed by atoms with Crippen LogP contribution in [-0.4, -0.2) is 30.4 Å². The molecule has 9 heteroatoms. The quantitative estimate of drug-likeness (QED) is 0.540. The first kappa shape index (κ1) is 17.3. The Balaban J connectivity index is 1.70. The molecule has 2 aromatic heterocycles. The highest BCUT2D eigenvalue weighted by Gasteiger charge is 2.32. The topological polar surface area (TPSA) is 108 Å². The Bertz CT molecular complexity index is 929. The van der Waals surface area contributed by atoms with Crippen molar-refractivity contribution in [1.29, 1.82) is 0 Å².